The molecule has 0 spiro atoms. The van der Waals surface area contributed by atoms with Gasteiger partial charge in [-0.25, -0.2) is 9.78 Å². The summed E-state index contributed by atoms with van der Waals surface area (Å²) in [6.07, 6.45) is 4.69. The zero-order valence-electron chi connectivity index (χ0n) is 15.5. The monoisotopic (exact) mass is 349 g/mol. The molecule has 0 aliphatic heterocycles. The van der Waals surface area contributed by atoms with Crippen molar-refractivity contribution in [2.24, 2.45) is 14.1 Å². The number of imidazole rings is 1. The summed E-state index contributed by atoms with van der Waals surface area (Å²) in [5.41, 5.74) is 0.0143. The van der Waals surface area contributed by atoms with Gasteiger partial charge in [0.05, 0.1) is 6.33 Å². The first-order chi connectivity index (χ1) is 11.9. The maximum absolute atomic E-state index is 12.4. The maximum atomic E-state index is 12.4. The molecular weight excluding hydrogens is 322 g/mol. The molecule has 0 aromatic carbocycles. The molecule has 0 saturated carbocycles. The van der Waals surface area contributed by atoms with Crippen LogP contribution in [0.2, 0.25) is 0 Å². The Labute approximate surface area is 146 Å². The highest BCUT2D eigenvalue weighted by molar-refractivity contribution is 5.76. The number of rotatable bonds is 8. The molecule has 0 atom stereocenters. The van der Waals surface area contributed by atoms with E-state index in [1.807, 2.05) is 11.8 Å². The van der Waals surface area contributed by atoms with Crippen LogP contribution < -0.4 is 11.2 Å². The second-order valence-corrected chi connectivity index (χ2v) is 6.25. The summed E-state index contributed by atoms with van der Waals surface area (Å²) in [5, 5.41) is 0. The first-order valence-electron chi connectivity index (χ1n) is 8.80. The van der Waals surface area contributed by atoms with E-state index in [4.69, 9.17) is 0 Å². The van der Waals surface area contributed by atoms with Crippen LogP contribution in [0.4, 0.5) is 0 Å². The minimum atomic E-state index is -0.396. The number of fused-ring (bicyclic) bond motifs is 1. The largest absolute Gasteiger partial charge is 0.343 e. The number of aryl methyl sites for hydroxylation is 2. The van der Waals surface area contributed by atoms with Crippen molar-refractivity contribution in [2.45, 2.75) is 46.1 Å². The SMILES string of the molecule is CCCCN(CC)C(=O)CCCn1cnc2c1c(=O)n(C)c(=O)n2C. The molecule has 0 radical (unpaired) electrons. The molecular formula is C17H27N5O3. The summed E-state index contributed by atoms with van der Waals surface area (Å²) in [7, 11) is 3.05. The van der Waals surface area contributed by atoms with Crippen molar-refractivity contribution >= 4 is 17.1 Å². The molecule has 0 unspecified atom stereocenters. The summed E-state index contributed by atoms with van der Waals surface area (Å²) >= 11 is 0. The molecule has 8 heteroatoms. The van der Waals surface area contributed by atoms with Gasteiger partial charge in [-0.1, -0.05) is 13.3 Å². The van der Waals surface area contributed by atoms with Gasteiger partial charge in [0.25, 0.3) is 5.56 Å². The Kier molecular flexibility index (Phi) is 6.17. The van der Waals surface area contributed by atoms with Gasteiger partial charge in [-0.15, -0.1) is 0 Å². The van der Waals surface area contributed by atoms with Gasteiger partial charge in [-0.05, 0) is 19.8 Å². The lowest BCUT2D eigenvalue weighted by Gasteiger charge is -2.20. The van der Waals surface area contributed by atoms with E-state index in [1.165, 1.54) is 11.6 Å². The van der Waals surface area contributed by atoms with E-state index in [0.717, 1.165) is 30.5 Å². The molecule has 2 aromatic rings. The van der Waals surface area contributed by atoms with Crippen LogP contribution in [-0.4, -0.2) is 42.6 Å². The molecule has 0 bridgehead atoms. The third kappa shape index (κ3) is 3.83. The van der Waals surface area contributed by atoms with Crippen LogP contribution in [0.1, 0.15) is 39.5 Å². The van der Waals surface area contributed by atoms with E-state index in [-0.39, 0.29) is 11.5 Å². The van der Waals surface area contributed by atoms with E-state index in [9.17, 15) is 14.4 Å². The topological polar surface area (TPSA) is 82.1 Å². The minimum Gasteiger partial charge on any atom is -0.343 e. The smallest absolute Gasteiger partial charge is 0.332 e. The van der Waals surface area contributed by atoms with E-state index < -0.39 is 5.69 Å². The first kappa shape index (κ1) is 19.0. The lowest BCUT2D eigenvalue weighted by atomic mass is 10.2. The fourth-order valence-corrected chi connectivity index (χ4v) is 2.93. The molecule has 138 valence electrons. The van der Waals surface area contributed by atoms with Crippen molar-refractivity contribution in [3.05, 3.63) is 27.2 Å². The lowest BCUT2D eigenvalue weighted by Crippen LogP contribution is -2.37. The molecule has 2 heterocycles. The van der Waals surface area contributed by atoms with E-state index in [1.54, 1.807) is 17.9 Å². The van der Waals surface area contributed by atoms with Gasteiger partial charge < -0.3 is 9.47 Å². The van der Waals surface area contributed by atoms with Crippen molar-refractivity contribution in [3.63, 3.8) is 0 Å². The number of hydrogen-bond acceptors (Lipinski definition) is 4. The second kappa shape index (κ2) is 8.13. The summed E-state index contributed by atoms with van der Waals surface area (Å²) < 4.78 is 4.17. The van der Waals surface area contributed by atoms with Crippen molar-refractivity contribution in [1.82, 2.24) is 23.6 Å². The fraction of sp³-hybridized carbons (Fsp3) is 0.647. The van der Waals surface area contributed by atoms with Crippen LogP contribution >= 0.6 is 0 Å². The molecule has 0 aliphatic carbocycles. The molecule has 2 aromatic heterocycles. The molecule has 0 fully saturated rings. The molecule has 0 saturated heterocycles. The molecule has 8 nitrogen and oxygen atoms in total. The number of unbranched alkanes of at least 4 members (excludes halogenated alkanes) is 1. The van der Waals surface area contributed by atoms with Crippen molar-refractivity contribution in [2.75, 3.05) is 13.1 Å². The summed E-state index contributed by atoms with van der Waals surface area (Å²) in [6, 6.07) is 0. The number of aromatic nitrogens is 4. The number of carbonyl (C=O) groups is 1. The third-order valence-corrected chi connectivity index (χ3v) is 4.52. The van der Waals surface area contributed by atoms with Gasteiger partial charge in [0, 0.05) is 40.2 Å². The Hall–Kier alpha value is -2.38. The van der Waals surface area contributed by atoms with Crippen molar-refractivity contribution in [1.29, 1.82) is 0 Å². The first-order valence-corrected chi connectivity index (χ1v) is 8.80. The van der Waals surface area contributed by atoms with E-state index in [0.29, 0.717) is 30.6 Å². The third-order valence-electron chi connectivity index (χ3n) is 4.52. The van der Waals surface area contributed by atoms with Crippen LogP contribution in [0.15, 0.2) is 15.9 Å². The fourth-order valence-electron chi connectivity index (χ4n) is 2.93. The second-order valence-electron chi connectivity index (χ2n) is 6.25. The Morgan fingerprint density at radius 3 is 2.52 bits per heavy atom. The highest BCUT2D eigenvalue weighted by atomic mass is 16.2. The van der Waals surface area contributed by atoms with Crippen LogP contribution in [0.3, 0.4) is 0 Å². The average Bonchev–Trinajstić information content (AvgIpc) is 3.03. The summed E-state index contributed by atoms with van der Waals surface area (Å²) in [5.74, 6) is 0.140. The molecule has 0 aliphatic rings. The Morgan fingerprint density at radius 1 is 1.16 bits per heavy atom. The van der Waals surface area contributed by atoms with Crippen LogP contribution in [0, 0.1) is 0 Å². The highest BCUT2D eigenvalue weighted by Crippen LogP contribution is 2.08. The standard InChI is InChI=1S/C17H27N5O3/c1-5-7-10-21(6-2)13(23)9-8-11-22-12-18-15-14(22)16(24)20(4)17(25)19(15)3/h12H,5-11H2,1-4H3. The zero-order valence-corrected chi connectivity index (χ0v) is 15.5. The van der Waals surface area contributed by atoms with E-state index in [2.05, 4.69) is 11.9 Å². The van der Waals surface area contributed by atoms with Gasteiger partial charge in [-0.2, -0.15) is 0 Å². The van der Waals surface area contributed by atoms with Crippen molar-refractivity contribution in [3.8, 4) is 0 Å². The number of amides is 1. The van der Waals surface area contributed by atoms with Crippen LogP contribution in [0.5, 0.6) is 0 Å². The predicted molar refractivity (Wildman–Crippen MR) is 96.6 cm³/mol. The molecule has 0 N–H and O–H groups in total. The summed E-state index contributed by atoms with van der Waals surface area (Å²) in [4.78, 5) is 42.6. The van der Waals surface area contributed by atoms with Gasteiger partial charge in [0.2, 0.25) is 5.91 Å². The highest BCUT2D eigenvalue weighted by Gasteiger charge is 2.15. The Bertz CT molecular complexity index is 862. The van der Waals surface area contributed by atoms with Crippen LogP contribution in [0.25, 0.3) is 11.2 Å². The molecule has 1 amide bonds. The Balaban J connectivity index is 2.11. The Morgan fingerprint density at radius 2 is 1.88 bits per heavy atom. The number of nitrogens with zero attached hydrogens (tertiary/aromatic N) is 5. The molecule has 25 heavy (non-hydrogen) atoms. The zero-order chi connectivity index (χ0) is 18.6. The minimum absolute atomic E-state index is 0.140. The predicted octanol–water partition coefficient (Wildman–Crippen LogP) is 0.863. The molecule has 2 rings (SSSR count). The number of hydrogen-bond donors (Lipinski definition) is 0. The average molecular weight is 349 g/mol. The summed E-state index contributed by atoms with van der Waals surface area (Å²) in [6.45, 7) is 6.12. The van der Waals surface area contributed by atoms with Crippen LogP contribution in [-0.2, 0) is 25.4 Å². The number of carbonyl (C=O) groups excluding carboxylic acids is 1. The lowest BCUT2D eigenvalue weighted by molar-refractivity contribution is -0.131. The van der Waals surface area contributed by atoms with E-state index >= 15 is 0 Å². The van der Waals surface area contributed by atoms with Gasteiger partial charge in [0.15, 0.2) is 11.2 Å². The van der Waals surface area contributed by atoms with Crippen molar-refractivity contribution < 1.29 is 4.79 Å². The normalized spacial score (nSPS) is 11.2. The maximum Gasteiger partial charge on any atom is 0.332 e. The van der Waals surface area contributed by atoms with Gasteiger partial charge in [-0.3, -0.25) is 18.7 Å². The van der Waals surface area contributed by atoms with Gasteiger partial charge in [0.1, 0.15) is 0 Å². The quantitative estimate of drug-likeness (QED) is 0.708. The van der Waals surface area contributed by atoms with Gasteiger partial charge >= 0.3 is 5.69 Å².